The number of nitrogens with one attached hydrogen (secondary N) is 2. The van der Waals surface area contributed by atoms with Crippen LogP contribution in [0.1, 0.15) is 19.8 Å². The fraction of sp³-hybridized carbons (Fsp3) is 0.263. The van der Waals surface area contributed by atoms with Crippen molar-refractivity contribution in [2.24, 2.45) is 0 Å². The first kappa shape index (κ1) is 18.2. The Bertz CT molecular complexity index is 826. The first-order valence-electron chi connectivity index (χ1n) is 8.37. The minimum atomic E-state index is -0.535. The molecule has 0 spiro atoms. The van der Waals surface area contributed by atoms with Crippen molar-refractivity contribution < 1.29 is 14.0 Å². The average Bonchev–Trinajstić information content (AvgIpc) is 3.05. The van der Waals surface area contributed by atoms with Gasteiger partial charge in [0.05, 0.1) is 5.02 Å². The highest BCUT2D eigenvalue weighted by atomic mass is 35.5. The highest BCUT2D eigenvalue weighted by molar-refractivity contribution is 6.31. The molecule has 3 rings (SSSR count). The van der Waals surface area contributed by atoms with Crippen LogP contribution in [-0.4, -0.2) is 24.4 Å². The molecule has 0 saturated carbocycles. The van der Waals surface area contributed by atoms with Gasteiger partial charge in [-0.3, -0.25) is 9.59 Å². The maximum Gasteiger partial charge on any atom is 0.246 e. The average molecular weight is 376 g/mol. The lowest BCUT2D eigenvalue weighted by Gasteiger charge is -2.18. The zero-order valence-electron chi connectivity index (χ0n) is 14.3. The van der Waals surface area contributed by atoms with E-state index in [4.69, 9.17) is 11.6 Å². The number of amides is 2. The van der Waals surface area contributed by atoms with Crippen molar-refractivity contribution >= 4 is 40.5 Å². The van der Waals surface area contributed by atoms with E-state index in [2.05, 4.69) is 10.6 Å². The molecular weight excluding hydrogens is 357 g/mol. The van der Waals surface area contributed by atoms with E-state index in [0.717, 1.165) is 24.3 Å². The van der Waals surface area contributed by atoms with Gasteiger partial charge in [-0.15, -0.1) is 0 Å². The van der Waals surface area contributed by atoms with Crippen LogP contribution in [0, 0.1) is 5.82 Å². The summed E-state index contributed by atoms with van der Waals surface area (Å²) < 4.78 is 13.2. The van der Waals surface area contributed by atoms with Crippen molar-refractivity contribution in [2.45, 2.75) is 25.8 Å². The van der Waals surface area contributed by atoms with Crippen molar-refractivity contribution in [3.8, 4) is 0 Å². The molecule has 1 heterocycles. The topological polar surface area (TPSA) is 61.4 Å². The molecule has 2 amide bonds. The first-order chi connectivity index (χ1) is 12.4. The summed E-state index contributed by atoms with van der Waals surface area (Å²) in [5.74, 6) is -0.671. The number of hydrogen-bond donors (Lipinski definition) is 2. The molecule has 1 aliphatic rings. The smallest absolute Gasteiger partial charge is 0.246 e. The lowest BCUT2D eigenvalue weighted by atomic mass is 10.2. The summed E-state index contributed by atoms with van der Waals surface area (Å²) in [5.41, 5.74) is 2.05. The summed E-state index contributed by atoms with van der Waals surface area (Å²) in [6.45, 7) is 2.46. The predicted octanol–water partition coefficient (Wildman–Crippen LogP) is 4.05. The summed E-state index contributed by atoms with van der Waals surface area (Å²) in [7, 11) is 0. The third-order valence-electron chi connectivity index (χ3n) is 4.22. The second-order valence-corrected chi connectivity index (χ2v) is 6.59. The van der Waals surface area contributed by atoms with Gasteiger partial charge in [-0.25, -0.2) is 4.39 Å². The molecule has 1 saturated heterocycles. The van der Waals surface area contributed by atoms with Gasteiger partial charge in [-0.2, -0.15) is 0 Å². The molecule has 2 aromatic carbocycles. The van der Waals surface area contributed by atoms with E-state index in [1.165, 1.54) is 18.2 Å². The number of benzene rings is 2. The lowest BCUT2D eigenvalue weighted by Crippen LogP contribution is -2.31. The Hall–Kier alpha value is -2.60. The summed E-state index contributed by atoms with van der Waals surface area (Å²) in [6, 6.07) is 10.9. The van der Waals surface area contributed by atoms with Crippen LogP contribution in [0.4, 0.5) is 21.5 Å². The molecule has 1 atom stereocenters. The van der Waals surface area contributed by atoms with E-state index in [0.29, 0.717) is 12.1 Å². The lowest BCUT2D eigenvalue weighted by molar-refractivity contribution is -0.117. The van der Waals surface area contributed by atoms with Crippen molar-refractivity contribution in [3.63, 3.8) is 0 Å². The zero-order chi connectivity index (χ0) is 18.7. The Morgan fingerprint density at radius 3 is 2.50 bits per heavy atom. The number of anilines is 3. The molecule has 0 aliphatic carbocycles. The van der Waals surface area contributed by atoms with Gasteiger partial charge in [0, 0.05) is 30.0 Å². The summed E-state index contributed by atoms with van der Waals surface area (Å²) >= 11 is 5.72. The van der Waals surface area contributed by atoms with E-state index in [1.807, 2.05) is 24.3 Å². The Balaban J connectivity index is 1.59. The Kier molecular flexibility index (Phi) is 5.42. The standard InChI is InChI=1S/C19H19ClFN3O2/c1-12(19(26)23-14-6-9-17(21)16(20)11-14)22-13-4-7-15(8-5-13)24-10-2-3-18(24)25/h4-9,11-12,22H,2-3,10H2,1H3,(H,23,26). The molecule has 0 bridgehead atoms. The number of nitrogens with zero attached hydrogens (tertiary/aromatic N) is 1. The van der Waals surface area contributed by atoms with Crippen LogP contribution in [0.3, 0.4) is 0 Å². The summed E-state index contributed by atoms with van der Waals surface area (Å²) in [4.78, 5) is 25.8. The normalized spacial score (nSPS) is 15.0. The minimum Gasteiger partial charge on any atom is -0.374 e. The van der Waals surface area contributed by atoms with Crippen LogP contribution in [0.2, 0.25) is 5.02 Å². The summed E-state index contributed by atoms with van der Waals surface area (Å²) in [6.07, 6.45) is 1.47. The predicted molar refractivity (Wildman–Crippen MR) is 101 cm³/mol. The van der Waals surface area contributed by atoms with Gasteiger partial charge in [0.15, 0.2) is 0 Å². The SMILES string of the molecule is CC(Nc1ccc(N2CCCC2=O)cc1)C(=O)Nc1ccc(F)c(Cl)c1. The minimum absolute atomic E-state index is 0.0459. The van der Waals surface area contributed by atoms with Crippen molar-refractivity contribution in [2.75, 3.05) is 22.1 Å². The number of carbonyl (C=O) groups is 2. The number of halogens is 2. The Morgan fingerprint density at radius 1 is 1.19 bits per heavy atom. The Morgan fingerprint density at radius 2 is 1.88 bits per heavy atom. The van der Waals surface area contributed by atoms with E-state index in [-0.39, 0.29) is 16.8 Å². The molecule has 1 fully saturated rings. The third kappa shape index (κ3) is 4.14. The molecule has 2 aromatic rings. The molecule has 1 unspecified atom stereocenters. The van der Waals surface area contributed by atoms with Gasteiger partial charge in [0.25, 0.3) is 0 Å². The van der Waals surface area contributed by atoms with Gasteiger partial charge in [-0.1, -0.05) is 11.6 Å². The second-order valence-electron chi connectivity index (χ2n) is 6.18. The second kappa shape index (κ2) is 7.74. The molecule has 5 nitrogen and oxygen atoms in total. The van der Waals surface area contributed by atoms with Crippen LogP contribution < -0.4 is 15.5 Å². The third-order valence-corrected chi connectivity index (χ3v) is 4.51. The molecule has 1 aliphatic heterocycles. The largest absolute Gasteiger partial charge is 0.374 e. The highest BCUT2D eigenvalue weighted by Crippen LogP contribution is 2.23. The molecule has 136 valence electrons. The highest BCUT2D eigenvalue weighted by Gasteiger charge is 2.21. The van der Waals surface area contributed by atoms with Gasteiger partial charge in [0.1, 0.15) is 11.9 Å². The van der Waals surface area contributed by atoms with Crippen molar-refractivity contribution in [1.82, 2.24) is 0 Å². The monoisotopic (exact) mass is 375 g/mol. The van der Waals surface area contributed by atoms with Crippen LogP contribution in [0.25, 0.3) is 0 Å². The van der Waals surface area contributed by atoms with Crippen LogP contribution >= 0.6 is 11.6 Å². The fourth-order valence-corrected chi connectivity index (χ4v) is 2.98. The molecule has 7 heteroatoms. The van der Waals surface area contributed by atoms with Gasteiger partial charge < -0.3 is 15.5 Å². The van der Waals surface area contributed by atoms with Gasteiger partial charge >= 0.3 is 0 Å². The number of carbonyl (C=O) groups excluding carboxylic acids is 2. The summed E-state index contributed by atoms with van der Waals surface area (Å²) in [5, 5.41) is 5.73. The Labute approximate surface area is 156 Å². The van der Waals surface area contributed by atoms with E-state index in [1.54, 1.807) is 11.8 Å². The van der Waals surface area contributed by atoms with E-state index in [9.17, 15) is 14.0 Å². The van der Waals surface area contributed by atoms with Crippen molar-refractivity contribution in [1.29, 1.82) is 0 Å². The maximum atomic E-state index is 13.2. The molecule has 0 aromatic heterocycles. The molecule has 2 N–H and O–H groups in total. The number of rotatable bonds is 5. The first-order valence-corrected chi connectivity index (χ1v) is 8.75. The quantitative estimate of drug-likeness (QED) is 0.828. The molecule has 0 radical (unpaired) electrons. The fourth-order valence-electron chi connectivity index (χ4n) is 2.80. The van der Waals surface area contributed by atoms with Crippen LogP contribution in [0.5, 0.6) is 0 Å². The van der Waals surface area contributed by atoms with Gasteiger partial charge in [-0.05, 0) is 55.8 Å². The van der Waals surface area contributed by atoms with Crippen molar-refractivity contribution in [3.05, 3.63) is 53.3 Å². The van der Waals surface area contributed by atoms with E-state index >= 15 is 0 Å². The molecule has 26 heavy (non-hydrogen) atoms. The number of hydrogen-bond acceptors (Lipinski definition) is 3. The zero-order valence-corrected chi connectivity index (χ0v) is 15.0. The molecular formula is C19H19ClFN3O2. The van der Waals surface area contributed by atoms with Crippen LogP contribution in [0.15, 0.2) is 42.5 Å². The van der Waals surface area contributed by atoms with Crippen LogP contribution in [-0.2, 0) is 9.59 Å². The maximum absolute atomic E-state index is 13.2. The van der Waals surface area contributed by atoms with E-state index < -0.39 is 11.9 Å². The van der Waals surface area contributed by atoms with Gasteiger partial charge in [0.2, 0.25) is 11.8 Å².